The number of aromatic amines is 1. The second-order valence-electron chi connectivity index (χ2n) is 5.81. The first-order chi connectivity index (χ1) is 12.9. The fourth-order valence-corrected chi connectivity index (χ4v) is 3.10. The maximum atomic E-state index is 12.7. The minimum absolute atomic E-state index is 0. The van der Waals surface area contributed by atoms with Gasteiger partial charge in [0, 0.05) is 57.0 Å². The Kier molecular flexibility index (Phi) is 8.15. The van der Waals surface area contributed by atoms with E-state index in [1.54, 1.807) is 24.3 Å². The molecule has 1 radical (unpaired) electrons. The molecule has 1 aromatic carbocycles. The average molecular weight is 542 g/mol. The van der Waals surface area contributed by atoms with Crippen molar-refractivity contribution in [2.24, 2.45) is 0 Å². The molecule has 0 aliphatic carbocycles. The number of carbonyl (C=O) groups excluding carboxylic acids is 1. The van der Waals surface area contributed by atoms with Gasteiger partial charge in [-0.3, -0.25) is 14.4 Å². The Balaban J connectivity index is 0.00000280. The largest absolute Gasteiger partial charge is 0.395 e. The summed E-state index contributed by atoms with van der Waals surface area (Å²) in [5.74, 6) is -0.550. The van der Waals surface area contributed by atoms with E-state index in [1.165, 1.54) is 16.8 Å². The molecule has 0 bridgehead atoms. The van der Waals surface area contributed by atoms with Crippen molar-refractivity contribution in [2.75, 3.05) is 6.61 Å². The molecule has 0 saturated heterocycles. The number of fused-ring (bicyclic) bond motifs is 1. The molecule has 3 N–H and O–H groups in total. The van der Waals surface area contributed by atoms with Crippen LogP contribution in [0.1, 0.15) is 15.9 Å². The third-order valence-corrected chi connectivity index (χ3v) is 4.83. The van der Waals surface area contributed by atoms with Crippen LogP contribution in [0.15, 0.2) is 50.6 Å². The normalized spacial score (nSPS) is 10.5. The summed E-state index contributed by atoms with van der Waals surface area (Å²) in [4.78, 5) is 39.7. The first-order valence-electron chi connectivity index (χ1n) is 8.00. The molecule has 3 rings (SSSR count). The van der Waals surface area contributed by atoms with E-state index in [4.69, 9.17) is 11.6 Å². The zero-order valence-corrected chi connectivity index (χ0v) is 19.7. The number of pyridine rings is 2. The van der Waals surface area contributed by atoms with E-state index >= 15 is 0 Å². The van der Waals surface area contributed by atoms with Gasteiger partial charge in [0.05, 0.1) is 16.5 Å². The molecular weight excluding hydrogens is 526 g/mol. The number of hydrogen-bond acceptors (Lipinski definition) is 4. The molecule has 2 aromatic heterocycles. The zero-order chi connectivity index (χ0) is 19.6. The van der Waals surface area contributed by atoms with Gasteiger partial charge in [0.25, 0.3) is 11.5 Å². The summed E-state index contributed by atoms with van der Waals surface area (Å²) in [5.41, 5.74) is 0.0786. The standard InChI is InChI=1S/C18H15BrClN3O4.Y/c19-14-7-12-15(25)13(9-23(5-6-24)16(12)22-18(14)27)17(26)21-8-10-1-3-11(20)4-2-10;/h1-4,7,9,24H,5-6,8H2,(H,21,26)(H,22,27);. The van der Waals surface area contributed by atoms with Gasteiger partial charge in [0.2, 0.25) is 5.43 Å². The third kappa shape index (κ3) is 4.99. The predicted octanol–water partition coefficient (Wildman–Crippen LogP) is 2.03. The smallest absolute Gasteiger partial charge is 0.263 e. The molecule has 0 atom stereocenters. The monoisotopic (exact) mass is 540 g/mol. The Morgan fingerprint density at radius 1 is 1.25 bits per heavy atom. The summed E-state index contributed by atoms with van der Waals surface area (Å²) in [7, 11) is 0. The Bertz CT molecular complexity index is 1130. The van der Waals surface area contributed by atoms with Gasteiger partial charge in [-0.15, -0.1) is 0 Å². The number of carbonyl (C=O) groups is 1. The van der Waals surface area contributed by atoms with Gasteiger partial charge >= 0.3 is 0 Å². The second kappa shape index (κ2) is 9.94. The Hall–Kier alpha value is -1.32. The number of aliphatic hydroxyl groups is 1. The van der Waals surface area contributed by atoms with Crippen LogP contribution in [0, 0.1) is 0 Å². The zero-order valence-electron chi connectivity index (χ0n) is 14.5. The number of rotatable bonds is 5. The van der Waals surface area contributed by atoms with Crippen LogP contribution in [0.3, 0.4) is 0 Å². The molecule has 10 heteroatoms. The third-order valence-electron chi connectivity index (χ3n) is 3.99. The summed E-state index contributed by atoms with van der Waals surface area (Å²) < 4.78 is 1.66. The first-order valence-corrected chi connectivity index (χ1v) is 9.17. The number of nitrogens with one attached hydrogen (secondary N) is 2. The van der Waals surface area contributed by atoms with E-state index in [0.717, 1.165) is 5.56 Å². The number of aromatic nitrogens is 2. The van der Waals surface area contributed by atoms with Gasteiger partial charge in [-0.25, -0.2) is 0 Å². The fourth-order valence-electron chi connectivity index (χ4n) is 2.64. The van der Waals surface area contributed by atoms with Crippen molar-refractivity contribution >= 4 is 44.5 Å². The van der Waals surface area contributed by atoms with E-state index in [1.807, 2.05) is 0 Å². The van der Waals surface area contributed by atoms with Gasteiger partial charge in [-0.1, -0.05) is 23.7 Å². The van der Waals surface area contributed by atoms with Gasteiger partial charge in [0.1, 0.15) is 11.2 Å². The number of H-pyrrole nitrogens is 1. The van der Waals surface area contributed by atoms with E-state index in [0.29, 0.717) is 5.02 Å². The Morgan fingerprint density at radius 2 is 1.93 bits per heavy atom. The van der Waals surface area contributed by atoms with E-state index < -0.39 is 16.9 Å². The van der Waals surface area contributed by atoms with E-state index in [9.17, 15) is 19.5 Å². The number of benzene rings is 1. The molecule has 0 fully saturated rings. The molecule has 1 amide bonds. The van der Waals surface area contributed by atoms with Crippen LogP contribution in [0.4, 0.5) is 0 Å². The summed E-state index contributed by atoms with van der Waals surface area (Å²) in [6, 6.07) is 8.34. The number of hydrogen-bond donors (Lipinski definition) is 3. The van der Waals surface area contributed by atoms with Crippen LogP contribution in [-0.4, -0.2) is 27.2 Å². The molecule has 0 aliphatic heterocycles. The summed E-state index contributed by atoms with van der Waals surface area (Å²) in [5, 5.41) is 12.7. The summed E-state index contributed by atoms with van der Waals surface area (Å²) in [6.07, 6.45) is 1.34. The van der Waals surface area contributed by atoms with Gasteiger partial charge < -0.3 is 20.0 Å². The molecule has 0 spiro atoms. The van der Waals surface area contributed by atoms with Crippen molar-refractivity contribution in [3.8, 4) is 0 Å². The molecule has 143 valence electrons. The average Bonchev–Trinajstić information content (AvgIpc) is 2.65. The number of halogens is 2. The number of nitrogens with zero attached hydrogens (tertiary/aromatic N) is 1. The first kappa shape index (κ1) is 23.0. The van der Waals surface area contributed by atoms with Crippen molar-refractivity contribution in [1.82, 2.24) is 14.9 Å². The van der Waals surface area contributed by atoms with Gasteiger partial charge in [0.15, 0.2) is 0 Å². The van der Waals surface area contributed by atoms with Crippen LogP contribution >= 0.6 is 27.5 Å². The van der Waals surface area contributed by atoms with Crippen LogP contribution in [0.5, 0.6) is 0 Å². The van der Waals surface area contributed by atoms with Crippen molar-refractivity contribution < 1.29 is 42.6 Å². The summed E-state index contributed by atoms with van der Waals surface area (Å²) >= 11 is 8.93. The maximum Gasteiger partial charge on any atom is 0.263 e. The molecule has 0 saturated carbocycles. The van der Waals surface area contributed by atoms with Crippen LogP contribution in [0.2, 0.25) is 5.02 Å². The van der Waals surface area contributed by atoms with Crippen LogP contribution < -0.4 is 16.3 Å². The van der Waals surface area contributed by atoms with Crippen LogP contribution in [0.25, 0.3) is 11.0 Å². The minimum Gasteiger partial charge on any atom is -0.395 e. The van der Waals surface area contributed by atoms with Gasteiger partial charge in [-0.2, -0.15) is 0 Å². The van der Waals surface area contributed by atoms with Crippen molar-refractivity contribution in [3.05, 3.63) is 77.7 Å². The predicted molar refractivity (Wildman–Crippen MR) is 106 cm³/mol. The van der Waals surface area contributed by atoms with E-state index in [-0.39, 0.29) is 73.5 Å². The summed E-state index contributed by atoms with van der Waals surface area (Å²) in [6.45, 7) is 0.122. The van der Waals surface area contributed by atoms with Crippen molar-refractivity contribution in [3.63, 3.8) is 0 Å². The topological polar surface area (TPSA) is 104 Å². The van der Waals surface area contributed by atoms with Gasteiger partial charge in [-0.05, 0) is 39.7 Å². The van der Waals surface area contributed by atoms with Crippen molar-refractivity contribution in [1.29, 1.82) is 0 Å². The molecule has 0 unspecified atom stereocenters. The molecular formula is C18H15BrClN3O4Y. The van der Waals surface area contributed by atoms with E-state index in [2.05, 4.69) is 26.2 Å². The Labute approximate surface area is 198 Å². The number of amides is 1. The molecule has 2 heterocycles. The van der Waals surface area contributed by atoms with Crippen molar-refractivity contribution in [2.45, 2.75) is 13.1 Å². The Morgan fingerprint density at radius 3 is 2.57 bits per heavy atom. The fraction of sp³-hybridized carbons (Fsp3) is 0.167. The molecule has 3 aromatic rings. The second-order valence-corrected chi connectivity index (χ2v) is 7.10. The molecule has 0 aliphatic rings. The SMILES string of the molecule is O=C(NCc1ccc(Cl)cc1)c1cn(CCO)c2[nH]c(=O)c(Br)cc2c1=O.[Y]. The molecule has 28 heavy (non-hydrogen) atoms. The van der Waals surface area contributed by atoms with Crippen LogP contribution in [-0.2, 0) is 45.8 Å². The quantitative estimate of drug-likeness (QED) is 0.460. The molecule has 7 nitrogen and oxygen atoms in total. The maximum absolute atomic E-state index is 12.7. The number of aliphatic hydroxyl groups excluding tert-OH is 1. The minimum atomic E-state index is -0.550.